The largest absolute Gasteiger partial charge is 0.476 e. The van der Waals surface area contributed by atoms with Crippen LogP contribution < -0.4 is 4.74 Å². The summed E-state index contributed by atoms with van der Waals surface area (Å²) in [6.45, 7) is 2.55. The van der Waals surface area contributed by atoms with Crippen LogP contribution in [0.5, 0.6) is 5.88 Å². The Labute approximate surface area is 118 Å². The molecule has 1 aromatic heterocycles. The molecule has 0 radical (unpaired) electrons. The van der Waals surface area contributed by atoms with E-state index in [1.54, 1.807) is 0 Å². The lowest BCUT2D eigenvalue weighted by Crippen LogP contribution is -2.01. The monoisotopic (exact) mass is 264 g/mol. The summed E-state index contributed by atoms with van der Waals surface area (Å²) in [5.74, 6) is 0.611. The van der Waals surface area contributed by atoms with Crippen LogP contribution in [0.2, 0.25) is 0 Å². The molecule has 3 aromatic rings. The Hall–Kier alpha value is -2.42. The molecule has 100 valence electrons. The summed E-state index contributed by atoms with van der Waals surface area (Å²) in [5.41, 5.74) is 2.21. The van der Waals surface area contributed by atoms with Gasteiger partial charge in [-0.2, -0.15) is 5.10 Å². The summed E-state index contributed by atoms with van der Waals surface area (Å²) in [5, 5.41) is 10.7. The molecule has 20 heavy (non-hydrogen) atoms. The maximum atomic E-state index is 5.55. The number of hydrogen-bond acceptors (Lipinski definition) is 3. The second-order valence-corrected chi connectivity index (χ2v) is 4.59. The third-order valence-corrected chi connectivity index (χ3v) is 3.23. The number of nitrogens with zero attached hydrogens (tertiary/aromatic N) is 2. The van der Waals surface area contributed by atoms with Gasteiger partial charge in [-0.1, -0.05) is 48.5 Å². The van der Waals surface area contributed by atoms with Crippen molar-refractivity contribution in [3.63, 3.8) is 0 Å². The highest BCUT2D eigenvalue weighted by molar-refractivity contribution is 5.88. The summed E-state index contributed by atoms with van der Waals surface area (Å²) in [6, 6.07) is 18.4. The molecule has 0 N–H and O–H groups in total. The van der Waals surface area contributed by atoms with Crippen LogP contribution in [0.3, 0.4) is 0 Å². The molecule has 3 nitrogen and oxygen atoms in total. The smallest absolute Gasteiger partial charge is 0.241 e. The zero-order valence-electron chi connectivity index (χ0n) is 11.4. The minimum Gasteiger partial charge on any atom is -0.476 e. The van der Waals surface area contributed by atoms with Crippen molar-refractivity contribution in [2.45, 2.75) is 13.3 Å². The third kappa shape index (κ3) is 2.48. The van der Waals surface area contributed by atoms with Gasteiger partial charge in [0.15, 0.2) is 0 Å². The molecule has 0 bridgehead atoms. The molecule has 0 aliphatic rings. The number of benzene rings is 2. The van der Waals surface area contributed by atoms with Crippen molar-refractivity contribution in [3.8, 4) is 5.88 Å². The van der Waals surface area contributed by atoms with Crippen molar-refractivity contribution in [3.05, 3.63) is 65.9 Å². The van der Waals surface area contributed by atoms with E-state index in [9.17, 15) is 0 Å². The molecule has 0 unspecified atom stereocenters. The minimum atomic E-state index is 0.594. The van der Waals surface area contributed by atoms with Crippen molar-refractivity contribution in [1.29, 1.82) is 0 Å². The van der Waals surface area contributed by atoms with Crippen LogP contribution in [-0.2, 0) is 6.42 Å². The number of hydrogen-bond donors (Lipinski definition) is 0. The molecule has 0 atom stereocenters. The van der Waals surface area contributed by atoms with Gasteiger partial charge in [0, 0.05) is 17.2 Å². The first-order chi connectivity index (χ1) is 9.88. The Balaban J connectivity index is 2.06. The van der Waals surface area contributed by atoms with Crippen LogP contribution in [0.4, 0.5) is 0 Å². The Morgan fingerprint density at radius 1 is 0.850 bits per heavy atom. The molecule has 0 saturated heterocycles. The van der Waals surface area contributed by atoms with Gasteiger partial charge in [-0.25, -0.2) is 0 Å². The highest BCUT2D eigenvalue weighted by Crippen LogP contribution is 2.25. The molecule has 3 rings (SSSR count). The van der Waals surface area contributed by atoms with Gasteiger partial charge in [-0.15, -0.1) is 5.10 Å². The van der Waals surface area contributed by atoms with Crippen LogP contribution in [0.25, 0.3) is 10.8 Å². The normalized spacial score (nSPS) is 10.7. The number of ether oxygens (including phenoxy) is 1. The Morgan fingerprint density at radius 2 is 1.55 bits per heavy atom. The van der Waals surface area contributed by atoms with Gasteiger partial charge < -0.3 is 4.74 Å². The zero-order valence-corrected chi connectivity index (χ0v) is 11.4. The fourth-order valence-electron chi connectivity index (χ4n) is 2.30. The van der Waals surface area contributed by atoms with Crippen LogP contribution >= 0.6 is 0 Å². The van der Waals surface area contributed by atoms with Crippen molar-refractivity contribution in [2.75, 3.05) is 6.61 Å². The first kappa shape index (κ1) is 12.6. The van der Waals surface area contributed by atoms with Gasteiger partial charge in [0.05, 0.1) is 12.3 Å². The van der Waals surface area contributed by atoms with E-state index in [1.165, 1.54) is 5.56 Å². The summed E-state index contributed by atoms with van der Waals surface area (Å²) in [4.78, 5) is 0. The third-order valence-electron chi connectivity index (χ3n) is 3.23. The van der Waals surface area contributed by atoms with Gasteiger partial charge in [0.2, 0.25) is 5.88 Å². The summed E-state index contributed by atoms with van der Waals surface area (Å²) >= 11 is 0. The highest BCUT2D eigenvalue weighted by Gasteiger charge is 2.09. The van der Waals surface area contributed by atoms with E-state index in [2.05, 4.69) is 28.4 Å². The van der Waals surface area contributed by atoms with Gasteiger partial charge in [-0.3, -0.25) is 0 Å². The lowest BCUT2D eigenvalue weighted by Gasteiger charge is -2.09. The Bertz CT molecular complexity index is 711. The van der Waals surface area contributed by atoms with Gasteiger partial charge in [0.25, 0.3) is 0 Å². The van der Waals surface area contributed by atoms with Gasteiger partial charge in [0.1, 0.15) is 0 Å². The maximum Gasteiger partial charge on any atom is 0.241 e. The molecule has 0 fully saturated rings. The average Bonchev–Trinajstić information content (AvgIpc) is 2.51. The van der Waals surface area contributed by atoms with Crippen molar-refractivity contribution < 1.29 is 4.74 Å². The second-order valence-electron chi connectivity index (χ2n) is 4.59. The molecule has 0 amide bonds. The van der Waals surface area contributed by atoms with Crippen molar-refractivity contribution in [2.24, 2.45) is 0 Å². The SMILES string of the molecule is CCOc1nnc(Cc2ccccc2)c2ccccc12. The van der Waals surface area contributed by atoms with E-state index < -0.39 is 0 Å². The number of aromatic nitrogens is 2. The van der Waals surface area contributed by atoms with Crippen LogP contribution in [0, 0.1) is 0 Å². The topological polar surface area (TPSA) is 35.0 Å². The first-order valence-corrected chi connectivity index (χ1v) is 6.79. The summed E-state index contributed by atoms with van der Waals surface area (Å²) < 4.78 is 5.55. The molecule has 2 aromatic carbocycles. The predicted molar refractivity (Wildman–Crippen MR) is 80.0 cm³/mol. The zero-order chi connectivity index (χ0) is 13.8. The summed E-state index contributed by atoms with van der Waals surface area (Å²) in [7, 11) is 0. The van der Waals surface area contributed by atoms with Crippen LogP contribution in [0.15, 0.2) is 54.6 Å². The molecular formula is C17H16N2O. The molecule has 1 heterocycles. The standard InChI is InChI=1S/C17H16N2O/c1-2-20-17-15-11-7-6-10-14(15)16(18-19-17)12-13-8-4-3-5-9-13/h3-11H,2,12H2,1H3. The van der Waals surface area contributed by atoms with E-state index >= 15 is 0 Å². The minimum absolute atomic E-state index is 0.594. The average molecular weight is 264 g/mol. The maximum absolute atomic E-state index is 5.55. The lowest BCUT2D eigenvalue weighted by atomic mass is 10.0. The fourth-order valence-corrected chi connectivity index (χ4v) is 2.30. The number of rotatable bonds is 4. The van der Waals surface area contributed by atoms with E-state index in [1.807, 2.05) is 43.3 Å². The van der Waals surface area contributed by atoms with Crippen molar-refractivity contribution in [1.82, 2.24) is 10.2 Å². The molecule has 0 aliphatic carbocycles. The number of fused-ring (bicyclic) bond motifs is 1. The van der Waals surface area contributed by atoms with E-state index in [4.69, 9.17) is 4.74 Å². The van der Waals surface area contributed by atoms with Crippen molar-refractivity contribution >= 4 is 10.8 Å². The van der Waals surface area contributed by atoms with E-state index in [0.29, 0.717) is 12.5 Å². The van der Waals surface area contributed by atoms with Crippen LogP contribution in [0.1, 0.15) is 18.2 Å². The molecule has 3 heteroatoms. The van der Waals surface area contributed by atoms with E-state index in [0.717, 1.165) is 22.9 Å². The van der Waals surface area contributed by atoms with E-state index in [-0.39, 0.29) is 0 Å². The molecule has 0 spiro atoms. The second kappa shape index (κ2) is 5.70. The highest BCUT2D eigenvalue weighted by atomic mass is 16.5. The first-order valence-electron chi connectivity index (χ1n) is 6.79. The molecular weight excluding hydrogens is 248 g/mol. The molecule has 0 aliphatic heterocycles. The lowest BCUT2D eigenvalue weighted by molar-refractivity contribution is 0.327. The predicted octanol–water partition coefficient (Wildman–Crippen LogP) is 3.62. The fraction of sp³-hybridized carbons (Fsp3) is 0.176. The molecule has 0 saturated carbocycles. The Morgan fingerprint density at radius 3 is 2.30 bits per heavy atom. The summed E-state index contributed by atoms with van der Waals surface area (Å²) in [6.07, 6.45) is 0.779. The quantitative estimate of drug-likeness (QED) is 0.722. The van der Waals surface area contributed by atoms with Crippen LogP contribution in [-0.4, -0.2) is 16.8 Å². The van der Waals surface area contributed by atoms with Gasteiger partial charge in [-0.05, 0) is 18.6 Å². The van der Waals surface area contributed by atoms with Gasteiger partial charge >= 0.3 is 0 Å². The Kier molecular flexibility index (Phi) is 3.59.